The molecular formula is C15H26N2O4. The molecule has 1 saturated heterocycles. The lowest BCUT2D eigenvalue weighted by Crippen LogP contribution is -2.55. The normalized spacial score (nSPS) is 35.2. The highest BCUT2D eigenvalue weighted by molar-refractivity contribution is 5.75. The lowest BCUT2D eigenvalue weighted by molar-refractivity contribution is -0.150. The van der Waals surface area contributed by atoms with E-state index in [0.29, 0.717) is 26.1 Å². The number of carbonyl (C=O) groups is 2. The standard InChI is InChI=1S/C15H26N2O4/c1-9-12(5-4-11(13(18)19)15(9,2)3)17-14(20)16-10-6-7-21-8-10/h9-12H,4-8H2,1-3H3,(H,18,19)(H2,16,17,20). The number of hydrogen-bond donors (Lipinski definition) is 3. The summed E-state index contributed by atoms with van der Waals surface area (Å²) in [5.74, 6) is -0.979. The van der Waals surface area contributed by atoms with E-state index in [1.165, 1.54) is 0 Å². The maximum Gasteiger partial charge on any atom is 0.315 e. The zero-order chi connectivity index (χ0) is 15.6. The van der Waals surface area contributed by atoms with Crippen molar-refractivity contribution in [1.29, 1.82) is 0 Å². The zero-order valence-electron chi connectivity index (χ0n) is 13.0. The average Bonchev–Trinajstić information content (AvgIpc) is 2.87. The summed E-state index contributed by atoms with van der Waals surface area (Å²) in [6, 6.07) is -0.0754. The van der Waals surface area contributed by atoms with Crippen molar-refractivity contribution in [3.63, 3.8) is 0 Å². The maximum atomic E-state index is 12.0. The van der Waals surface area contributed by atoms with Crippen LogP contribution in [0.5, 0.6) is 0 Å². The van der Waals surface area contributed by atoms with Gasteiger partial charge < -0.3 is 20.5 Å². The minimum absolute atomic E-state index is 0.0120. The third kappa shape index (κ3) is 3.48. The van der Waals surface area contributed by atoms with Gasteiger partial charge in [0.2, 0.25) is 0 Å². The van der Waals surface area contributed by atoms with E-state index < -0.39 is 5.97 Å². The molecule has 1 heterocycles. The van der Waals surface area contributed by atoms with Crippen LogP contribution in [0.4, 0.5) is 4.79 Å². The molecule has 6 heteroatoms. The fraction of sp³-hybridized carbons (Fsp3) is 0.867. The number of ether oxygens (including phenoxy) is 1. The fourth-order valence-electron chi connectivity index (χ4n) is 3.49. The molecule has 3 N–H and O–H groups in total. The molecule has 2 amide bonds. The monoisotopic (exact) mass is 298 g/mol. The Bertz CT molecular complexity index is 404. The van der Waals surface area contributed by atoms with E-state index >= 15 is 0 Å². The van der Waals surface area contributed by atoms with E-state index in [0.717, 1.165) is 6.42 Å². The largest absolute Gasteiger partial charge is 0.481 e. The van der Waals surface area contributed by atoms with Crippen LogP contribution in [-0.4, -0.2) is 42.4 Å². The van der Waals surface area contributed by atoms with Gasteiger partial charge in [0.05, 0.1) is 18.6 Å². The topological polar surface area (TPSA) is 87.7 Å². The van der Waals surface area contributed by atoms with E-state index in [1.807, 2.05) is 20.8 Å². The predicted octanol–water partition coefficient (Wildman–Crippen LogP) is 1.60. The van der Waals surface area contributed by atoms with E-state index in [9.17, 15) is 14.7 Å². The number of rotatable bonds is 3. The molecule has 0 radical (unpaired) electrons. The quantitative estimate of drug-likeness (QED) is 0.738. The zero-order valence-corrected chi connectivity index (χ0v) is 13.0. The number of nitrogens with one attached hydrogen (secondary N) is 2. The first-order valence-corrected chi connectivity index (χ1v) is 7.70. The van der Waals surface area contributed by atoms with E-state index in [2.05, 4.69) is 10.6 Å². The Balaban J connectivity index is 1.92. The van der Waals surface area contributed by atoms with Crippen LogP contribution >= 0.6 is 0 Å². The summed E-state index contributed by atoms with van der Waals surface area (Å²) < 4.78 is 5.23. The molecule has 0 aromatic heterocycles. The summed E-state index contributed by atoms with van der Waals surface area (Å²) in [4.78, 5) is 23.4. The molecule has 2 fully saturated rings. The highest BCUT2D eigenvalue weighted by Crippen LogP contribution is 2.45. The number of amides is 2. The van der Waals surface area contributed by atoms with Gasteiger partial charge in [0.15, 0.2) is 0 Å². The van der Waals surface area contributed by atoms with Crippen LogP contribution in [0.1, 0.15) is 40.0 Å². The van der Waals surface area contributed by atoms with Crippen molar-refractivity contribution in [2.24, 2.45) is 17.3 Å². The third-order valence-electron chi connectivity index (χ3n) is 5.32. The van der Waals surface area contributed by atoms with Crippen molar-refractivity contribution in [3.8, 4) is 0 Å². The van der Waals surface area contributed by atoms with Crippen molar-refractivity contribution < 1.29 is 19.4 Å². The summed E-state index contributed by atoms with van der Waals surface area (Å²) in [5, 5.41) is 15.3. The minimum Gasteiger partial charge on any atom is -0.481 e. The van der Waals surface area contributed by atoms with Gasteiger partial charge in [0, 0.05) is 12.6 Å². The Morgan fingerprint density at radius 3 is 2.48 bits per heavy atom. The molecule has 1 aliphatic heterocycles. The second-order valence-electron chi connectivity index (χ2n) is 6.86. The molecule has 1 saturated carbocycles. The van der Waals surface area contributed by atoms with Crippen LogP contribution < -0.4 is 10.6 Å². The van der Waals surface area contributed by atoms with Gasteiger partial charge in [-0.25, -0.2) is 4.79 Å². The van der Waals surface area contributed by atoms with Gasteiger partial charge in [0.25, 0.3) is 0 Å². The van der Waals surface area contributed by atoms with Gasteiger partial charge in [-0.1, -0.05) is 20.8 Å². The molecular weight excluding hydrogens is 272 g/mol. The van der Waals surface area contributed by atoms with Crippen molar-refractivity contribution in [1.82, 2.24) is 10.6 Å². The summed E-state index contributed by atoms with van der Waals surface area (Å²) in [5.41, 5.74) is -0.335. The predicted molar refractivity (Wildman–Crippen MR) is 78.0 cm³/mol. The molecule has 2 rings (SSSR count). The summed E-state index contributed by atoms with van der Waals surface area (Å²) in [6.45, 7) is 7.25. The Labute approximate surface area is 125 Å². The van der Waals surface area contributed by atoms with Crippen molar-refractivity contribution in [2.75, 3.05) is 13.2 Å². The second-order valence-corrected chi connectivity index (χ2v) is 6.86. The maximum absolute atomic E-state index is 12.0. The van der Waals surface area contributed by atoms with Gasteiger partial charge in [-0.2, -0.15) is 0 Å². The first-order valence-electron chi connectivity index (χ1n) is 7.70. The minimum atomic E-state index is -0.738. The Morgan fingerprint density at radius 1 is 1.19 bits per heavy atom. The van der Waals surface area contributed by atoms with Crippen LogP contribution in [0.25, 0.3) is 0 Å². The first-order chi connectivity index (χ1) is 9.82. The number of aliphatic carboxylic acids is 1. The van der Waals surface area contributed by atoms with E-state index in [1.54, 1.807) is 0 Å². The van der Waals surface area contributed by atoms with Gasteiger partial charge in [-0.3, -0.25) is 4.79 Å². The summed E-state index contributed by atoms with van der Waals surface area (Å²) in [7, 11) is 0. The molecule has 21 heavy (non-hydrogen) atoms. The Morgan fingerprint density at radius 2 is 1.90 bits per heavy atom. The van der Waals surface area contributed by atoms with Crippen molar-refractivity contribution >= 4 is 12.0 Å². The SMILES string of the molecule is CC1C(NC(=O)NC2CCOC2)CCC(C(=O)O)C1(C)C. The van der Waals surface area contributed by atoms with Gasteiger partial charge in [-0.15, -0.1) is 0 Å². The lowest BCUT2D eigenvalue weighted by Gasteiger charge is -2.46. The highest BCUT2D eigenvalue weighted by atomic mass is 16.5. The van der Waals surface area contributed by atoms with Gasteiger partial charge >= 0.3 is 12.0 Å². The molecule has 4 unspecified atom stereocenters. The van der Waals surface area contributed by atoms with Crippen LogP contribution in [0.2, 0.25) is 0 Å². The smallest absolute Gasteiger partial charge is 0.315 e. The van der Waals surface area contributed by atoms with Crippen molar-refractivity contribution in [3.05, 3.63) is 0 Å². The summed E-state index contributed by atoms with van der Waals surface area (Å²) in [6.07, 6.45) is 2.15. The summed E-state index contributed by atoms with van der Waals surface area (Å²) >= 11 is 0. The van der Waals surface area contributed by atoms with Gasteiger partial charge in [-0.05, 0) is 30.6 Å². The average molecular weight is 298 g/mol. The molecule has 4 atom stereocenters. The number of hydrogen-bond acceptors (Lipinski definition) is 3. The number of carbonyl (C=O) groups excluding carboxylic acids is 1. The third-order valence-corrected chi connectivity index (χ3v) is 5.32. The van der Waals surface area contributed by atoms with Crippen LogP contribution in [-0.2, 0) is 9.53 Å². The fourth-order valence-corrected chi connectivity index (χ4v) is 3.49. The molecule has 0 aromatic rings. The van der Waals surface area contributed by atoms with E-state index in [4.69, 9.17) is 4.74 Å². The number of urea groups is 1. The van der Waals surface area contributed by atoms with Crippen molar-refractivity contribution in [2.45, 2.75) is 52.1 Å². The van der Waals surface area contributed by atoms with Crippen LogP contribution in [0.3, 0.4) is 0 Å². The molecule has 0 spiro atoms. The Kier molecular flexibility index (Phi) is 4.76. The molecule has 120 valence electrons. The van der Waals surface area contributed by atoms with Crippen LogP contribution in [0.15, 0.2) is 0 Å². The number of carboxylic acid groups (broad SMARTS) is 1. The molecule has 0 aromatic carbocycles. The highest BCUT2D eigenvalue weighted by Gasteiger charge is 2.46. The van der Waals surface area contributed by atoms with E-state index in [-0.39, 0.29) is 35.4 Å². The second kappa shape index (κ2) is 6.22. The lowest BCUT2D eigenvalue weighted by atomic mass is 9.61. The molecule has 1 aliphatic carbocycles. The van der Waals surface area contributed by atoms with Crippen LogP contribution in [0, 0.1) is 17.3 Å². The van der Waals surface area contributed by atoms with Gasteiger partial charge in [0.1, 0.15) is 0 Å². The molecule has 2 aliphatic rings. The molecule has 6 nitrogen and oxygen atoms in total. The molecule has 0 bridgehead atoms. The first kappa shape index (κ1) is 16.1. The number of carboxylic acids is 1. The Hall–Kier alpha value is -1.30.